The molecule has 1 heterocycles. The summed E-state index contributed by atoms with van der Waals surface area (Å²) < 4.78 is 8.41. The summed E-state index contributed by atoms with van der Waals surface area (Å²) in [4.78, 5) is 27.3. The summed E-state index contributed by atoms with van der Waals surface area (Å²) in [7, 11) is 3.17. The van der Waals surface area contributed by atoms with Crippen molar-refractivity contribution >= 4 is 62.7 Å². The monoisotopic (exact) mass is 506 g/mol. The van der Waals surface area contributed by atoms with Gasteiger partial charge in [0.2, 0.25) is 0 Å². The number of nitrogens with zero attached hydrogens (tertiary/aromatic N) is 2. The minimum absolute atomic E-state index is 0.0125. The Bertz CT molecular complexity index is 1050. The third-order valence-electron chi connectivity index (χ3n) is 4.22. The number of carbonyl (C=O) groups is 2. The molecule has 0 N–H and O–H groups in total. The Balaban J connectivity index is 2.19. The summed E-state index contributed by atoms with van der Waals surface area (Å²) in [6.45, 7) is 4.04. The van der Waals surface area contributed by atoms with Crippen molar-refractivity contribution in [3.63, 3.8) is 0 Å². The molecule has 0 unspecified atom stereocenters. The van der Waals surface area contributed by atoms with Gasteiger partial charge in [0, 0.05) is 0 Å². The second-order valence-corrected chi connectivity index (χ2v) is 9.37. The number of fused-ring (bicyclic) bond motifs is 1. The number of aryl methyl sites for hydroxylation is 1. The molecule has 0 aliphatic heterocycles. The van der Waals surface area contributed by atoms with Gasteiger partial charge in [-0.15, -0.1) is 0 Å². The van der Waals surface area contributed by atoms with Gasteiger partial charge in [-0.3, -0.25) is 0 Å². The van der Waals surface area contributed by atoms with E-state index in [2.05, 4.69) is 22.5 Å². The van der Waals surface area contributed by atoms with E-state index >= 15 is 0 Å². The number of rotatable bonds is 6. The molecule has 0 spiro atoms. The summed E-state index contributed by atoms with van der Waals surface area (Å²) in [6, 6.07) is 17.3. The van der Waals surface area contributed by atoms with Crippen molar-refractivity contribution in [3.8, 4) is 0 Å². The number of amides is 1. The molecule has 1 amide bonds. The van der Waals surface area contributed by atoms with Crippen LogP contribution in [-0.4, -0.2) is 44.0 Å². The van der Waals surface area contributed by atoms with Crippen LogP contribution in [0.1, 0.15) is 10.5 Å². The maximum atomic E-state index is 13.3. The fourth-order valence-corrected chi connectivity index (χ4v) is 5.05. The van der Waals surface area contributed by atoms with Crippen molar-refractivity contribution in [3.05, 3.63) is 71.4 Å². The summed E-state index contributed by atoms with van der Waals surface area (Å²) in [5.74, 6) is 0. The Morgan fingerprint density at radius 2 is 1.79 bits per heavy atom. The van der Waals surface area contributed by atoms with Crippen molar-refractivity contribution in [2.75, 3.05) is 18.6 Å². The van der Waals surface area contributed by atoms with Crippen LogP contribution in [0.25, 0.3) is 10.9 Å². The zero-order valence-corrected chi connectivity index (χ0v) is 18.8. The van der Waals surface area contributed by atoms with Gasteiger partial charge >= 0.3 is 179 Å². The van der Waals surface area contributed by atoms with Crippen molar-refractivity contribution < 1.29 is 14.3 Å². The number of hydrogen-bond donors (Lipinski definition) is 0. The first-order chi connectivity index (χ1) is 13.4. The number of anilines is 1. The van der Waals surface area contributed by atoms with Crippen LogP contribution in [-0.2, 0) is 11.8 Å². The Morgan fingerprint density at radius 1 is 1.14 bits per heavy atom. The second kappa shape index (κ2) is 8.78. The Hall–Kier alpha value is -2.34. The van der Waals surface area contributed by atoms with Gasteiger partial charge in [-0.2, -0.15) is 0 Å². The summed E-state index contributed by atoms with van der Waals surface area (Å²) in [5, 5.41) is 0.816. The maximum absolute atomic E-state index is 13.3. The van der Waals surface area contributed by atoms with E-state index in [-0.39, 0.29) is 11.2 Å². The minimum atomic E-state index is -0.543. The van der Waals surface area contributed by atoms with Crippen molar-refractivity contribution in [1.29, 1.82) is 0 Å². The van der Waals surface area contributed by atoms with Crippen LogP contribution in [0.5, 0.6) is 0 Å². The molecule has 144 valence electrons. The summed E-state index contributed by atoms with van der Waals surface area (Å²) in [5.41, 5.74) is 1.91. The molecule has 7 heteroatoms. The molecule has 0 radical (unpaired) electrons. The first-order valence-corrected chi connectivity index (χ1v) is 11.0. The predicted molar refractivity (Wildman–Crippen MR) is 117 cm³/mol. The third-order valence-corrected chi connectivity index (χ3v) is 6.33. The van der Waals surface area contributed by atoms with Gasteiger partial charge in [0.05, 0.1) is 0 Å². The molecule has 3 rings (SSSR count). The Labute approximate surface area is 178 Å². The quantitative estimate of drug-likeness (QED) is 0.478. The Morgan fingerprint density at radius 3 is 2.43 bits per heavy atom. The van der Waals surface area contributed by atoms with Crippen molar-refractivity contribution in [1.82, 2.24) is 4.57 Å². The number of hydrogen-bond acceptors (Lipinski definition) is 3. The summed E-state index contributed by atoms with van der Waals surface area (Å²) in [6.07, 6.45) is -0.543. The zero-order valence-electron chi connectivity index (χ0n) is 15.5. The number of ether oxygens (including phenoxy) is 1. The topological polar surface area (TPSA) is 51.5 Å². The molecule has 0 aliphatic carbocycles. The zero-order chi connectivity index (χ0) is 20.3. The molecule has 0 atom stereocenters. The molecule has 0 saturated heterocycles. The fraction of sp³-hybridized carbons (Fsp3) is 0.143. The van der Waals surface area contributed by atoms with Gasteiger partial charge in [-0.25, -0.2) is 0 Å². The average molecular weight is 506 g/mol. The fourth-order valence-electron chi connectivity index (χ4n) is 3.04. The van der Waals surface area contributed by atoms with Crippen LogP contribution >= 0.6 is 15.9 Å². The number of para-hydroxylation sites is 1. The van der Waals surface area contributed by atoms with E-state index in [9.17, 15) is 9.59 Å². The van der Waals surface area contributed by atoms with Crippen LogP contribution in [0.4, 0.5) is 10.5 Å². The normalized spacial score (nSPS) is 10.7. The van der Waals surface area contributed by atoms with E-state index in [4.69, 9.17) is 4.74 Å². The molecule has 5 nitrogen and oxygen atoms in total. The average Bonchev–Trinajstić information content (AvgIpc) is 2.99. The molecule has 28 heavy (non-hydrogen) atoms. The van der Waals surface area contributed by atoms with Gasteiger partial charge in [0.1, 0.15) is 0 Å². The van der Waals surface area contributed by atoms with Crippen LogP contribution in [0.15, 0.2) is 65.7 Å². The van der Waals surface area contributed by atoms with E-state index in [1.807, 2.05) is 66.2 Å². The van der Waals surface area contributed by atoms with Gasteiger partial charge in [0.15, 0.2) is 0 Å². The molecule has 0 saturated carbocycles. The molecule has 0 bridgehead atoms. The first-order valence-electron chi connectivity index (χ1n) is 8.47. The molecule has 0 fully saturated rings. The van der Waals surface area contributed by atoms with E-state index in [0.29, 0.717) is 15.9 Å². The number of methoxy groups -OCH3 is 1. The van der Waals surface area contributed by atoms with E-state index < -0.39 is 21.1 Å². The molecular weight excluding hydrogens is 487 g/mol. The molecule has 0 aliphatic rings. The predicted octanol–water partition coefficient (Wildman–Crippen LogP) is 3.83. The van der Waals surface area contributed by atoms with Gasteiger partial charge in [0.25, 0.3) is 0 Å². The van der Waals surface area contributed by atoms with E-state index in [0.717, 1.165) is 15.4 Å². The molecular formula is C21H19BrN2O3Se. The Kier molecular flexibility index (Phi) is 6.39. The number of benzene rings is 2. The van der Waals surface area contributed by atoms with Crippen LogP contribution < -0.4 is 9.36 Å². The number of carbonyl (C=O) groups excluding carboxylic acids is 2. The van der Waals surface area contributed by atoms with Gasteiger partial charge < -0.3 is 0 Å². The van der Waals surface area contributed by atoms with Gasteiger partial charge in [-0.05, 0) is 0 Å². The molecule has 3 aromatic rings. The second-order valence-electron chi connectivity index (χ2n) is 6.05. The standard InChI is InChI=1S/C21H19BrN2O3Se/c1-14(22)13-24(21(26)27-3)18-16-11-7-8-12-17(16)23(2)19(18)20(25)28-15-9-5-4-6-10-15/h4-12H,1,13H2,2-3H3. The molecule has 2 aromatic carbocycles. The SMILES string of the molecule is C=C(Br)CN(C(=O)OC)c1c(C(=O)[Se]c2ccccc2)n(C)c2ccccc12. The number of aromatic nitrogens is 1. The molecule has 1 aromatic heterocycles. The van der Waals surface area contributed by atoms with Crippen LogP contribution in [0.2, 0.25) is 0 Å². The van der Waals surface area contributed by atoms with Crippen molar-refractivity contribution in [2.24, 2.45) is 7.05 Å². The van der Waals surface area contributed by atoms with Crippen molar-refractivity contribution in [2.45, 2.75) is 0 Å². The van der Waals surface area contributed by atoms with E-state index in [1.165, 1.54) is 12.0 Å². The van der Waals surface area contributed by atoms with Crippen LogP contribution in [0.3, 0.4) is 0 Å². The van der Waals surface area contributed by atoms with Gasteiger partial charge in [-0.1, -0.05) is 0 Å². The van der Waals surface area contributed by atoms with Crippen LogP contribution in [0, 0.1) is 0 Å². The number of halogens is 1. The summed E-state index contributed by atoms with van der Waals surface area (Å²) >= 11 is 2.90. The first kappa shape index (κ1) is 20.4. The third kappa shape index (κ3) is 4.07. The van der Waals surface area contributed by atoms with E-state index in [1.54, 1.807) is 0 Å².